The van der Waals surface area contributed by atoms with Gasteiger partial charge in [0.15, 0.2) is 0 Å². The molecule has 1 saturated carbocycles. The monoisotopic (exact) mass is 325 g/mol. The molecule has 5 heteroatoms. The number of aromatic nitrogens is 2. The highest BCUT2D eigenvalue weighted by molar-refractivity contribution is 9.11. The van der Waals surface area contributed by atoms with Gasteiger partial charge in [-0.25, -0.2) is 0 Å². The highest BCUT2D eigenvalue weighted by Gasteiger charge is 2.29. The predicted molar refractivity (Wildman–Crippen MR) is 77.5 cm³/mol. The maximum Gasteiger partial charge on any atom is 0.0701 e. The van der Waals surface area contributed by atoms with Crippen molar-refractivity contribution >= 4 is 27.3 Å². The molecular formula is C13H16BrN3S. The fraction of sp³-hybridized carbons (Fsp3) is 0.462. The van der Waals surface area contributed by atoms with Crippen LogP contribution in [0.4, 0.5) is 0 Å². The van der Waals surface area contributed by atoms with Gasteiger partial charge in [0.05, 0.1) is 9.98 Å². The van der Waals surface area contributed by atoms with Crippen LogP contribution in [0.15, 0.2) is 27.6 Å². The van der Waals surface area contributed by atoms with Crippen LogP contribution in [0.3, 0.4) is 0 Å². The van der Waals surface area contributed by atoms with Gasteiger partial charge < -0.3 is 0 Å². The van der Waals surface area contributed by atoms with Gasteiger partial charge in [-0.3, -0.25) is 9.58 Å². The highest BCUT2D eigenvalue weighted by atomic mass is 79.9. The van der Waals surface area contributed by atoms with Gasteiger partial charge in [0.2, 0.25) is 0 Å². The van der Waals surface area contributed by atoms with Gasteiger partial charge in [-0.1, -0.05) is 0 Å². The Hall–Kier alpha value is -0.650. The normalized spacial score (nSPS) is 15.5. The molecule has 0 bridgehead atoms. The SMILES string of the molecule is Cn1cc(CN(Cc2csc(Br)c2)C2CC2)cn1. The number of aryl methyl sites for hydroxylation is 1. The van der Waals surface area contributed by atoms with Gasteiger partial charge in [-0.2, -0.15) is 5.10 Å². The first-order valence-corrected chi connectivity index (χ1v) is 7.82. The largest absolute Gasteiger partial charge is 0.292 e. The third-order valence-electron chi connectivity index (χ3n) is 3.21. The van der Waals surface area contributed by atoms with Crippen molar-refractivity contribution < 1.29 is 0 Å². The standard InChI is InChI=1S/C13H16BrN3S/c1-16-6-11(5-15-16)8-17(12-2-3-12)7-10-4-13(14)18-9-10/h4-6,9,12H,2-3,7-8H2,1H3. The Labute approximate surface area is 120 Å². The van der Waals surface area contributed by atoms with Gasteiger partial charge in [0, 0.05) is 37.9 Å². The number of hydrogen-bond donors (Lipinski definition) is 0. The summed E-state index contributed by atoms with van der Waals surface area (Å²) >= 11 is 5.29. The molecule has 0 N–H and O–H groups in total. The lowest BCUT2D eigenvalue weighted by Crippen LogP contribution is -2.24. The van der Waals surface area contributed by atoms with Crippen molar-refractivity contribution in [3.05, 3.63) is 38.8 Å². The molecule has 2 aromatic heterocycles. The van der Waals surface area contributed by atoms with Crippen molar-refractivity contribution in [3.63, 3.8) is 0 Å². The lowest BCUT2D eigenvalue weighted by atomic mass is 10.2. The minimum atomic E-state index is 0.767. The van der Waals surface area contributed by atoms with Crippen LogP contribution in [0.25, 0.3) is 0 Å². The van der Waals surface area contributed by atoms with E-state index < -0.39 is 0 Å². The van der Waals surface area contributed by atoms with Gasteiger partial charge in [0.25, 0.3) is 0 Å². The second kappa shape index (κ2) is 5.15. The molecule has 0 aliphatic heterocycles. The van der Waals surface area contributed by atoms with Crippen LogP contribution in [-0.2, 0) is 20.1 Å². The number of nitrogens with zero attached hydrogens (tertiary/aromatic N) is 3. The zero-order valence-electron chi connectivity index (χ0n) is 10.3. The average molecular weight is 326 g/mol. The number of rotatable bonds is 5. The molecule has 1 aliphatic rings. The Morgan fingerprint density at radius 1 is 1.44 bits per heavy atom. The summed E-state index contributed by atoms with van der Waals surface area (Å²) in [6.07, 6.45) is 6.76. The van der Waals surface area contributed by atoms with E-state index in [4.69, 9.17) is 0 Å². The fourth-order valence-corrected chi connectivity index (χ4v) is 3.41. The van der Waals surface area contributed by atoms with Gasteiger partial charge in [-0.15, -0.1) is 11.3 Å². The van der Waals surface area contributed by atoms with Crippen LogP contribution in [0.1, 0.15) is 24.0 Å². The molecule has 0 unspecified atom stereocenters. The minimum absolute atomic E-state index is 0.767. The van der Waals surface area contributed by atoms with E-state index in [0.717, 1.165) is 19.1 Å². The van der Waals surface area contributed by atoms with Crippen molar-refractivity contribution in [3.8, 4) is 0 Å². The zero-order valence-corrected chi connectivity index (χ0v) is 12.7. The van der Waals surface area contributed by atoms with Crippen molar-refractivity contribution in [2.75, 3.05) is 0 Å². The Bertz CT molecular complexity index is 488. The molecule has 2 heterocycles. The van der Waals surface area contributed by atoms with Gasteiger partial charge in [-0.05, 0) is 45.8 Å². The average Bonchev–Trinajstić information content (AvgIpc) is 2.99. The molecule has 2 aromatic rings. The molecule has 3 nitrogen and oxygen atoms in total. The summed E-state index contributed by atoms with van der Waals surface area (Å²) in [5.41, 5.74) is 2.71. The Balaban J connectivity index is 1.68. The van der Waals surface area contributed by atoms with Crippen LogP contribution in [-0.4, -0.2) is 20.7 Å². The van der Waals surface area contributed by atoms with Crippen LogP contribution >= 0.6 is 27.3 Å². The quantitative estimate of drug-likeness (QED) is 0.840. The maximum atomic E-state index is 4.25. The van der Waals surface area contributed by atoms with Gasteiger partial charge >= 0.3 is 0 Å². The van der Waals surface area contributed by atoms with Crippen molar-refractivity contribution in [1.82, 2.24) is 14.7 Å². The van der Waals surface area contributed by atoms with Crippen LogP contribution < -0.4 is 0 Å². The number of hydrogen-bond acceptors (Lipinski definition) is 3. The third kappa shape index (κ3) is 3.02. The van der Waals surface area contributed by atoms with Crippen molar-refractivity contribution in [2.24, 2.45) is 7.05 Å². The van der Waals surface area contributed by atoms with Crippen molar-refractivity contribution in [1.29, 1.82) is 0 Å². The molecule has 0 atom stereocenters. The van der Waals surface area contributed by atoms with E-state index in [1.165, 1.54) is 27.8 Å². The summed E-state index contributed by atoms with van der Waals surface area (Å²) in [5.74, 6) is 0. The molecule has 0 aromatic carbocycles. The summed E-state index contributed by atoms with van der Waals surface area (Å²) in [6, 6.07) is 2.99. The van der Waals surface area contributed by atoms with Crippen LogP contribution in [0, 0.1) is 0 Å². The Kier molecular flexibility index (Phi) is 3.54. The number of thiophene rings is 1. The van der Waals surface area contributed by atoms with E-state index in [2.05, 4.69) is 43.6 Å². The minimum Gasteiger partial charge on any atom is -0.292 e. The summed E-state index contributed by atoms with van der Waals surface area (Å²) in [6.45, 7) is 2.05. The molecule has 96 valence electrons. The first-order chi connectivity index (χ1) is 8.70. The Morgan fingerprint density at radius 3 is 2.78 bits per heavy atom. The second-order valence-corrected chi connectivity index (χ2v) is 7.21. The molecule has 0 amide bonds. The van der Waals surface area contributed by atoms with Crippen LogP contribution in [0.2, 0.25) is 0 Å². The zero-order chi connectivity index (χ0) is 12.5. The van der Waals surface area contributed by atoms with Gasteiger partial charge in [0.1, 0.15) is 0 Å². The summed E-state index contributed by atoms with van der Waals surface area (Å²) in [5, 5.41) is 6.48. The number of halogens is 1. The first-order valence-electron chi connectivity index (χ1n) is 6.15. The van der Waals surface area contributed by atoms with E-state index >= 15 is 0 Å². The maximum absolute atomic E-state index is 4.25. The van der Waals surface area contributed by atoms with Crippen molar-refractivity contribution in [2.45, 2.75) is 32.0 Å². The van der Waals surface area contributed by atoms with E-state index in [0.29, 0.717) is 0 Å². The first kappa shape index (κ1) is 12.4. The Morgan fingerprint density at radius 2 is 2.22 bits per heavy atom. The molecular weight excluding hydrogens is 310 g/mol. The topological polar surface area (TPSA) is 21.1 Å². The third-order valence-corrected chi connectivity index (χ3v) is 4.77. The summed E-state index contributed by atoms with van der Waals surface area (Å²) in [4.78, 5) is 2.56. The second-order valence-electron chi connectivity index (χ2n) is 4.92. The lowest BCUT2D eigenvalue weighted by molar-refractivity contribution is 0.246. The predicted octanol–water partition coefficient (Wildman–Crippen LogP) is 3.41. The van der Waals surface area contributed by atoms with E-state index in [1.807, 2.05) is 17.9 Å². The van der Waals surface area contributed by atoms with Crippen LogP contribution in [0.5, 0.6) is 0 Å². The highest BCUT2D eigenvalue weighted by Crippen LogP contribution is 2.31. The smallest absolute Gasteiger partial charge is 0.0701 e. The van der Waals surface area contributed by atoms with E-state index in [9.17, 15) is 0 Å². The fourth-order valence-electron chi connectivity index (χ4n) is 2.21. The molecule has 3 rings (SSSR count). The summed E-state index contributed by atoms with van der Waals surface area (Å²) in [7, 11) is 1.97. The molecule has 0 saturated heterocycles. The summed E-state index contributed by atoms with van der Waals surface area (Å²) < 4.78 is 3.09. The van der Waals surface area contributed by atoms with E-state index in [1.54, 1.807) is 11.3 Å². The molecule has 1 fully saturated rings. The molecule has 0 spiro atoms. The lowest BCUT2D eigenvalue weighted by Gasteiger charge is -2.20. The van der Waals surface area contributed by atoms with E-state index in [-0.39, 0.29) is 0 Å². The molecule has 18 heavy (non-hydrogen) atoms. The molecule has 1 aliphatic carbocycles. The molecule has 0 radical (unpaired) electrons.